The zero-order chi connectivity index (χ0) is 18.5. The van der Waals surface area contributed by atoms with E-state index in [1.807, 2.05) is 11.3 Å². The van der Waals surface area contributed by atoms with Crippen molar-refractivity contribution in [2.45, 2.75) is 44.3 Å². The number of thiophene rings is 1. The van der Waals surface area contributed by atoms with Crippen LogP contribution in [0.3, 0.4) is 0 Å². The largest absolute Gasteiger partial charge is 0.348 e. The van der Waals surface area contributed by atoms with Crippen LogP contribution < -0.4 is 15.1 Å². The molecule has 0 radical (unpaired) electrons. The number of quaternary nitrogens is 2. The van der Waals surface area contributed by atoms with Gasteiger partial charge in [-0.15, -0.1) is 11.3 Å². The lowest BCUT2D eigenvalue weighted by Crippen LogP contribution is -3.12. The molecule has 3 heterocycles. The molecule has 1 amide bonds. The summed E-state index contributed by atoms with van der Waals surface area (Å²) in [6.07, 6.45) is 4.63. The van der Waals surface area contributed by atoms with Crippen LogP contribution in [0.15, 0.2) is 47.8 Å². The van der Waals surface area contributed by atoms with Crippen molar-refractivity contribution in [3.05, 3.63) is 58.3 Å². The average molecular weight is 386 g/mol. The van der Waals surface area contributed by atoms with Crippen LogP contribution in [0.2, 0.25) is 0 Å². The zero-order valence-electron chi connectivity index (χ0n) is 16.0. The molecule has 2 atom stereocenters. The predicted octanol–water partition coefficient (Wildman–Crippen LogP) is 0.832. The van der Waals surface area contributed by atoms with Crippen molar-refractivity contribution in [3.8, 4) is 0 Å². The Morgan fingerprint density at radius 2 is 1.85 bits per heavy atom. The summed E-state index contributed by atoms with van der Waals surface area (Å²) in [7, 11) is 0. The highest BCUT2D eigenvalue weighted by Crippen LogP contribution is 2.23. The molecule has 2 aliphatic heterocycles. The fraction of sp³-hybridized carbons (Fsp3) is 0.500. The lowest BCUT2D eigenvalue weighted by Gasteiger charge is -2.30. The zero-order valence-corrected chi connectivity index (χ0v) is 16.8. The van der Waals surface area contributed by atoms with Crippen LogP contribution in [-0.4, -0.2) is 38.1 Å². The normalized spacial score (nSPS) is 28.1. The summed E-state index contributed by atoms with van der Waals surface area (Å²) in [5.74, 6) is 0.241. The summed E-state index contributed by atoms with van der Waals surface area (Å²) in [6.45, 7) is 5.14. The number of piperidine rings is 1. The summed E-state index contributed by atoms with van der Waals surface area (Å²) >= 11 is 1.83. The second-order valence-electron chi connectivity index (χ2n) is 8.05. The van der Waals surface area contributed by atoms with Gasteiger partial charge in [0.15, 0.2) is 6.54 Å². The molecule has 2 fully saturated rings. The molecule has 2 saturated heterocycles. The van der Waals surface area contributed by atoms with Crippen LogP contribution in [0.1, 0.15) is 42.2 Å². The molecule has 1 aromatic heterocycles. The van der Waals surface area contributed by atoms with Crippen molar-refractivity contribution in [1.82, 2.24) is 5.32 Å². The number of likely N-dealkylation sites (tertiary alicyclic amines) is 2. The summed E-state index contributed by atoms with van der Waals surface area (Å²) in [5.41, 5.74) is 1.41. The fourth-order valence-corrected chi connectivity index (χ4v) is 5.59. The molecule has 0 aliphatic carbocycles. The van der Waals surface area contributed by atoms with Gasteiger partial charge in [0.2, 0.25) is 0 Å². The number of carbonyl (C=O) groups is 1. The second-order valence-corrected chi connectivity index (χ2v) is 9.03. The van der Waals surface area contributed by atoms with Gasteiger partial charge in [-0.25, -0.2) is 0 Å². The van der Waals surface area contributed by atoms with Crippen LogP contribution in [-0.2, 0) is 11.3 Å². The van der Waals surface area contributed by atoms with Crippen molar-refractivity contribution in [2.24, 2.45) is 0 Å². The molecule has 0 spiro atoms. The highest BCUT2D eigenvalue weighted by Gasteiger charge is 2.33. The SMILES string of the molecule is O=C(C[NH+]1CCC[C@@H]1c1cccs1)NC1CC[NH+](Cc2ccccc2)CC1. The van der Waals surface area contributed by atoms with Crippen LogP contribution in [0, 0.1) is 0 Å². The van der Waals surface area contributed by atoms with Crippen LogP contribution in [0.4, 0.5) is 0 Å². The molecular formula is C22H31N3OS+2. The van der Waals surface area contributed by atoms with Crippen molar-refractivity contribution < 1.29 is 14.6 Å². The van der Waals surface area contributed by atoms with E-state index in [1.165, 1.54) is 28.2 Å². The third-order valence-electron chi connectivity index (χ3n) is 6.11. The number of hydrogen-bond acceptors (Lipinski definition) is 2. The second kappa shape index (κ2) is 9.00. The maximum Gasteiger partial charge on any atom is 0.275 e. The van der Waals surface area contributed by atoms with E-state index in [4.69, 9.17) is 0 Å². The predicted molar refractivity (Wildman–Crippen MR) is 109 cm³/mol. The highest BCUT2D eigenvalue weighted by molar-refractivity contribution is 7.10. The minimum Gasteiger partial charge on any atom is -0.348 e. The van der Waals surface area contributed by atoms with Crippen LogP contribution >= 0.6 is 11.3 Å². The van der Waals surface area contributed by atoms with E-state index in [1.54, 1.807) is 4.90 Å². The van der Waals surface area contributed by atoms with E-state index in [2.05, 4.69) is 53.2 Å². The number of hydrogen-bond donors (Lipinski definition) is 3. The van der Waals surface area contributed by atoms with Gasteiger partial charge in [-0.2, -0.15) is 0 Å². The van der Waals surface area contributed by atoms with Gasteiger partial charge >= 0.3 is 0 Å². The van der Waals surface area contributed by atoms with Gasteiger partial charge in [0.1, 0.15) is 12.6 Å². The van der Waals surface area contributed by atoms with Gasteiger partial charge < -0.3 is 15.1 Å². The van der Waals surface area contributed by atoms with Gasteiger partial charge in [-0.3, -0.25) is 4.79 Å². The first-order valence-electron chi connectivity index (χ1n) is 10.3. The molecule has 27 heavy (non-hydrogen) atoms. The Bertz CT molecular complexity index is 710. The van der Waals surface area contributed by atoms with E-state index >= 15 is 0 Å². The Labute approximate surface area is 166 Å². The quantitative estimate of drug-likeness (QED) is 0.677. The first-order chi connectivity index (χ1) is 13.3. The molecule has 4 nitrogen and oxygen atoms in total. The van der Waals surface area contributed by atoms with Crippen molar-refractivity contribution in [2.75, 3.05) is 26.2 Å². The van der Waals surface area contributed by atoms with Crippen molar-refractivity contribution >= 4 is 17.2 Å². The van der Waals surface area contributed by atoms with E-state index in [9.17, 15) is 4.79 Å². The van der Waals surface area contributed by atoms with Gasteiger partial charge in [0.05, 0.1) is 24.5 Å². The molecule has 3 N–H and O–H groups in total. The van der Waals surface area contributed by atoms with Gasteiger partial charge in [0, 0.05) is 37.3 Å². The van der Waals surface area contributed by atoms with Gasteiger partial charge in [0.25, 0.3) is 5.91 Å². The first kappa shape index (κ1) is 18.7. The minimum absolute atomic E-state index is 0.241. The minimum atomic E-state index is 0.241. The lowest BCUT2D eigenvalue weighted by molar-refractivity contribution is -0.919. The maximum atomic E-state index is 12.6. The smallest absolute Gasteiger partial charge is 0.275 e. The van der Waals surface area contributed by atoms with E-state index < -0.39 is 0 Å². The summed E-state index contributed by atoms with van der Waals surface area (Å²) < 4.78 is 0. The number of amides is 1. The Kier molecular flexibility index (Phi) is 6.22. The molecule has 144 valence electrons. The molecule has 4 rings (SSSR count). The number of rotatable bonds is 6. The third-order valence-corrected chi connectivity index (χ3v) is 7.10. The third kappa shape index (κ3) is 4.98. The molecule has 0 saturated carbocycles. The Morgan fingerprint density at radius 1 is 1.04 bits per heavy atom. The van der Waals surface area contributed by atoms with Crippen molar-refractivity contribution in [3.63, 3.8) is 0 Å². The average Bonchev–Trinajstić information content (AvgIpc) is 3.36. The van der Waals surface area contributed by atoms with Crippen LogP contribution in [0.25, 0.3) is 0 Å². The standard InChI is InChI=1S/C22H29N3OS/c26-22(17-25-12-4-8-20(25)21-9-5-15-27-21)23-19-10-13-24(14-11-19)16-18-6-2-1-3-7-18/h1-3,5-7,9,15,19-20H,4,8,10-14,16-17H2,(H,23,26)/p+2/t20-/m1/s1. The van der Waals surface area contributed by atoms with Gasteiger partial charge in [-0.05, 0) is 11.4 Å². The molecule has 5 heteroatoms. The summed E-state index contributed by atoms with van der Waals surface area (Å²) in [6, 6.07) is 16.0. The highest BCUT2D eigenvalue weighted by atomic mass is 32.1. The monoisotopic (exact) mass is 385 g/mol. The topological polar surface area (TPSA) is 38.0 Å². The molecule has 1 unspecified atom stereocenters. The molecule has 2 aromatic rings. The lowest BCUT2D eigenvalue weighted by atomic mass is 10.0. The molecular weight excluding hydrogens is 354 g/mol. The van der Waals surface area contributed by atoms with Gasteiger partial charge in [-0.1, -0.05) is 36.4 Å². The molecule has 2 aliphatic rings. The van der Waals surface area contributed by atoms with E-state index in [0.29, 0.717) is 18.6 Å². The number of nitrogens with one attached hydrogen (secondary N) is 3. The Hall–Kier alpha value is -1.69. The first-order valence-corrected chi connectivity index (χ1v) is 11.2. The van der Waals surface area contributed by atoms with Crippen molar-refractivity contribution in [1.29, 1.82) is 0 Å². The summed E-state index contributed by atoms with van der Waals surface area (Å²) in [4.78, 5) is 17.1. The van der Waals surface area contributed by atoms with E-state index in [-0.39, 0.29) is 5.91 Å². The Morgan fingerprint density at radius 3 is 2.59 bits per heavy atom. The molecule has 0 bridgehead atoms. The van der Waals surface area contributed by atoms with Crippen LogP contribution in [0.5, 0.6) is 0 Å². The molecule has 1 aromatic carbocycles. The van der Waals surface area contributed by atoms with E-state index in [0.717, 1.165) is 39.0 Å². The fourth-order valence-electron chi connectivity index (χ4n) is 4.67. The Balaban J connectivity index is 1.21. The number of carbonyl (C=O) groups excluding carboxylic acids is 1. The summed E-state index contributed by atoms with van der Waals surface area (Å²) in [5, 5.41) is 5.48. The maximum absolute atomic E-state index is 12.6. The number of benzene rings is 1.